The van der Waals surface area contributed by atoms with Crippen LogP contribution in [-0.4, -0.2) is 88.8 Å². The lowest BCUT2D eigenvalue weighted by molar-refractivity contribution is -0.123. The molecule has 1 fully saturated rings. The molecule has 1 aromatic carbocycles. The second-order valence-electron chi connectivity index (χ2n) is 7.46. The van der Waals surface area contributed by atoms with Gasteiger partial charge in [0.15, 0.2) is 9.84 Å². The molecule has 1 heterocycles. The van der Waals surface area contributed by atoms with Crippen molar-refractivity contribution in [2.24, 2.45) is 0 Å². The highest BCUT2D eigenvalue weighted by atomic mass is 32.2. The minimum absolute atomic E-state index is 0.0224. The van der Waals surface area contributed by atoms with Crippen LogP contribution in [0.5, 0.6) is 5.75 Å². The highest BCUT2D eigenvalue weighted by Gasteiger charge is 2.29. The van der Waals surface area contributed by atoms with Gasteiger partial charge in [-0.2, -0.15) is 4.31 Å². The summed E-state index contributed by atoms with van der Waals surface area (Å²) in [4.78, 5) is 14.0. The van der Waals surface area contributed by atoms with Crippen molar-refractivity contribution in [1.82, 2.24) is 14.5 Å². The first kappa shape index (κ1) is 24.6. The van der Waals surface area contributed by atoms with Gasteiger partial charge < -0.3 is 10.1 Å². The number of nitrogens with zero attached hydrogens (tertiary/aromatic N) is 2. The van der Waals surface area contributed by atoms with Crippen LogP contribution in [0.3, 0.4) is 0 Å². The number of benzene rings is 1. The zero-order chi connectivity index (χ0) is 22.4. The van der Waals surface area contributed by atoms with Crippen LogP contribution in [0.4, 0.5) is 0 Å². The van der Waals surface area contributed by atoms with Crippen molar-refractivity contribution in [2.45, 2.75) is 31.7 Å². The Balaban J connectivity index is 1.89. The molecule has 1 saturated heterocycles. The van der Waals surface area contributed by atoms with Gasteiger partial charge in [0.25, 0.3) is 0 Å². The van der Waals surface area contributed by atoms with Gasteiger partial charge in [-0.3, -0.25) is 9.69 Å². The monoisotopic (exact) mass is 461 g/mol. The summed E-state index contributed by atoms with van der Waals surface area (Å²) < 4.78 is 55.5. The van der Waals surface area contributed by atoms with Gasteiger partial charge >= 0.3 is 0 Å². The number of carbonyl (C=O) groups excluding carboxylic acids is 1. The Bertz CT molecular complexity index is 906. The predicted octanol–water partition coefficient (Wildman–Crippen LogP) is 0.331. The van der Waals surface area contributed by atoms with E-state index in [0.29, 0.717) is 31.9 Å². The van der Waals surface area contributed by atoms with E-state index in [1.54, 1.807) is 6.92 Å². The van der Waals surface area contributed by atoms with Crippen molar-refractivity contribution in [3.63, 3.8) is 0 Å². The van der Waals surface area contributed by atoms with Gasteiger partial charge in [0, 0.05) is 38.0 Å². The van der Waals surface area contributed by atoms with Gasteiger partial charge in [-0.15, -0.1) is 0 Å². The molecule has 0 bridgehead atoms. The van der Waals surface area contributed by atoms with Gasteiger partial charge in [-0.1, -0.05) is 6.92 Å². The third-order valence-electron chi connectivity index (χ3n) is 4.71. The average molecular weight is 462 g/mol. The maximum absolute atomic E-state index is 12.9. The molecule has 0 unspecified atom stereocenters. The van der Waals surface area contributed by atoms with Crippen LogP contribution in [0, 0.1) is 0 Å². The van der Waals surface area contributed by atoms with Crippen molar-refractivity contribution < 1.29 is 26.4 Å². The van der Waals surface area contributed by atoms with Crippen LogP contribution in [0.2, 0.25) is 0 Å². The number of piperazine rings is 1. The summed E-state index contributed by atoms with van der Waals surface area (Å²) in [5.74, 6) is 0.330. The summed E-state index contributed by atoms with van der Waals surface area (Å²) in [5, 5.41) is 2.83. The van der Waals surface area contributed by atoms with Crippen LogP contribution < -0.4 is 10.1 Å². The first-order chi connectivity index (χ1) is 14.0. The summed E-state index contributed by atoms with van der Waals surface area (Å²) in [5.41, 5.74) is 0. The van der Waals surface area contributed by atoms with Crippen molar-refractivity contribution in [2.75, 3.05) is 50.8 Å². The number of carbonyl (C=O) groups is 1. The second-order valence-corrected chi connectivity index (χ2v) is 11.9. The summed E-state index contributed by atoms with van der Waals surface area (Å²) in [6.45, 7) is 7.23. The molecule has 0 aliphatic carbocycles. The highest BCUT2D eigenvalue weighted by molar-refractivity contribution is 7.91. The molecule has 0 spiro atoms. The Morgan fingerprint density at radius 2 is 1.67 bits per heavy atom. The van der Waals surface area contributed by atoms with Crippen molar-refractivity contribution in [3.8, 4) is 5.75 Å². The van der Waals surface area contributed by atoms with E-state index >= 15 is 0 Å². The predicted molar refractivity (Wildman–Crippen MR) is 115 cm³/mol. The van der Waals surface area contributed by atoms with Gasteiger partial charge in [0.05, 0.1) is 17.2 Å². The summed E-state index contributed by atoms with van der Waals surface area (Å²) in [6, 6.07) is 6.04. The standard InChI is InChI=1S/C19H31N3O6S2/c1-4-29(24,25)14-13-28-17-5-7-18(8-6-17)30(26,27)22-11-9-21(10-12-22)15-19(23)20-16(2)3/h5-8,16H,4,9-15H2,1-3H3,(H,20,23). The van der Waals surface area contributed by atoms with E-state index in [1.165, 1.54) is 28.6 Å². The molecule has 30 heavy (non-hydrogen) atoms. The molecule has 2 rings (SSSR count). The SMILES string of the molecule is CCS(=O)(=O)CCOc1ccc(S(=O)(=O)N2CCN(CC(=O)NC(C)C)CC2)cc1. The quantitative estimate of drug-likeness (QED) is 0.534. The van der Waals surface area contributed by atoms with E-state index in [0.717, 1.165) is 0 Å². The lowest BCUT2D eigenvalue weighted by atomic mass is 10.3. The van der Waals surface area contributed by atoms with Crippen molar-refractivity contribution in [1.29, 1.82) is 0 Å². The Morgan fingerprint density at radius 3 is 2.20 bits per heavy atom. The van der Waals surface area contributed by atoms with Gasteiger partial charge in [-0.25, -0.2) is 16.8 Å². The number of hydrogen-bond donors (Lipinski definition) is 1. The zero-order valence-corrected chi connectivity index (χ0v) is 19.3. The van der Waals surface area contributed by atoms with E-state index in [2.05, 4.69) is 5.32 Å². The summed E-state index contributed by atoms with van der Waals surface area (Å²) in [7, 11) is -6.75. The first-order valence-electron chi connectivity index (χ1n) is 9.98. The first-order valence-corrected chi connectivity index (χ1v) is 13.2. The molecular formula is C19H31N3O6S2. The molecule has 9 nitrogen and oxygen atoms in total. The van der Waals surface area contributed by atoms with Crippen LogP contribution in [0.1, 0.15) is 20.8 Å². The molecule has 1 N–H and O–H groups in total. The largest absolute Gasteiger partial charge is 0.493 e. The summed E-state index contributed by atoms with van der Waals surface area (Å²) in [6.07, 6.45) is 0. The number of sulfonamides is 1. The Hall–Kier alpha value is -1.69. The Kier molecular flexibility index (Phi) is 8.65. The van der Waals surface area contributed by atoms with Gasteiger partial charge in [0.1, 0.15) is 12.4 Å². The molecule has 0 radical (unpaired) electrons. The fourth-order valence-electron chi connectivity index (χ4n) is 2.99. The van der Waals surface area contributed by atoms with E-state index in [9.17, 15) is 21.6 Å². The number of sulfone groups is 1. The lowest BCUT2D eigenvalue weighted by Gasteiger charge is -2.33. The lowest BCUT2D eigenvalue weighted by Crippen LogP contribution is -2.51. The third kappa shape index (κ3) is 7.22. The maximum Gasteiger partial charge on any atom is 0.243 e. The topological polar surface area (TPSA) is 113 Å². The molecule has 1 aromatic rings. The number of nitrogens with one attached hydrogen (secondary N) is 1. The minimum atomic E-state index is -3.64. The molecule has 170 valence electrons. The normalized spacial score (nSPS) is 16.5. The summed E-state index contributed by atoms with van der Waals surface area (Å²) >= 11 is 0. The molecule has 11 heteroatoms. The van der Waals surface area contributed by atoms with Crippen LogP contribution in [-0.2, 0) is 24.7 Å². The zero-order valence-electron chi connectivity index (χ0n) is 17.7. The molecule has 1 aliphatic rings. The fourth-order valence-corrected chi connectivity index (χ4v) is 5.03. The molecule has 0 saturated carbocycles. The maximum atomic E-state index is 12.9. The molecule has 0 aromatic heterocycles. The van der Waals surface area contributed by atoms with Crippen LogP contribution >= 0.6 is 0 Å². The van der Waals surface area contributed by atoms with E-state index in [4.69, 9.17) is 4.74 Å². The van der Waals surface area contributed by atoms with E-state index in [-0.39, 0.29) is 41.5 Å². The van der Waals surface area contributed by atoms with Gasteiger partial charge in [-0.05, 0) is 38.1 Å². The molecule has 1 aliphatic heterocycles. The molecule has 0 atom stereocenters. The number of rotatable bonds is 10. The smallest absolute Gasteiger partial charge is 0.243 e. The van der Waals surface area contributed by atoms with Crippen molar-refractivity contribution >= 4 is 25.8 Å². The average Bonchev–Trinajstić information content (AvgIpc) is 2.68. The number of ether oxygens (including phenoxy) is 1. The second kappa shape index (κ2) is 10.6. The number of amides is 1. The third-order valence-corrected chi connectivity index (χ3v) is 8.29. The fraction of sp³-hybridized carbons (Fsp3) is 0.632. The highest BCUT2D eigenvalue weighted by Crippen LogP contribution is 2.21. The Labute approximate surface area is 179 Å². The number of hydrogen-bond acceptors (Lipinski definition) is 7. The van der Waals surface area contributed by atoms with Crippen LogP contribution in [0.25, 0.3) is 0 Å². The van der Waals surface area contributed by atoms with Gasteiger partial charge in [0.2, 0.25) is 15.9 Å². The van der Waals surface area contributed by atoms with Crippen LogP contribution in [0.15, 0.2) is 29.2 Å². The van der Waals surface area contributed by atoms with E-state index in [1.807, 2.05) is 18.7 Å². The minimum Gasteiger partial charge on any atom is -0.493 e. The van der Waals surface area contributed by atoms with E-state index < -0.39 is 19.9 Å². The molecular weight excluding hydrogens is 430 g/mol. The molecule has 1 amide bonds. The van der Waals surface area contributed by atoms with Crippen molar-refractivity contribution in [3.05, 3.63) is 24.3 Å². The Morgan fingerprint density at radius 1 is 1.07 bits per heavy atom.